The first kappa shape index (κ1) is 9.26. The average molecular weight is 167 g/mol. The van der Waals surface area contributed by atoms with E-state index in [1.54, 1.807) is 0 Å². The van der Waals surface area contributed by atoms with Gasteiger partial charge in [-0.3, -0.25) is 0 Å². The Balaban J connectivity index is 2.91. The standard InChI is InChI=1S/C9H17N3/c1-9(2,3)12-7-11-6-8(12)5-10-4/h6-7,10H,5H2,1-4H3. The lowest BCUT2D eigenvalue weighted by Crippen LogP contribution is -2.24. The Kier molecular flexibility index (Phi) is 2.52. The fraction of sp³-hybridized carbons (Fsp3) is 0.667. The highest BCUT2D eigenvalue weighted by Gasteiger charge is 2.15. The van der Waals surface area contributed by atoms with Gasteiger partial charge in [0.05, 0.1) is 12.0 Å². The molecule has 0 radical (unpaired) electrons. The number of nitrogens with zero attached hydrogens (tertiary/aromatic N) is 2. The molecule has 3 nitrogen and oxygen atoms in total. The van der Waals surface area contributed by atoms with Crippen molar-refractivity contribution in [2.24, 2.45) is 0 Å². The smallest absolute Gasteiger partial charge is 0.0953 e. The summed E-state index contributed by atoms with van der Waals surface area (Å²) in [6.45, 7) is 7.40. The minimum absolute atomic E-state index is 0.128. The topological polar surface area (TPSA) is 29.9 Å². The van der Waals surface area contributed by atoms with Gasteiger partial charge in [0.25, 0.3) is 0 Å². The van der Waals surface area contributed by atoms with Gasteiger partial charge in [-0.25, -0.2) is 4.98 Å². The molecule has 0 aliphatic carbocycles. The molecule has 0 unspecified atom stereocenters. The quantitative estimate of drug-likeness (QED) is 0.720. The number of aromatic nitrogens is 2. The molecule has 0 aliphatic rings. The predicted molar refractivity (Wildman–Crippen MR) is 50.0 cm³/mol. The van der Waals surface area contributed by atoms with Crippen LogP contribution in [0.1, 0.15) is 26.5 Å². The first-order valence-electron chi connectivity index (χ1n) is 4.22. The van der Waals surface area contributed by atoms with Crippen molar-refractivity contribution < 1.29 is 0 Å². The summed E-state index contributed by atoms with van der Waals surface area (Å²) >= 11 is 0. The monoisotopic (exact) mass is 167 g/mol. The first-order chi connectivity index (χ1) is 5.55. The van der Waals surface area contributed by atoms with E-state index in [2.05, 4.69) is 35.6 Å². The summed E-state index contributed by atoms with van der Waals surface area (Å²) in [6, 6.07) is 0. The molecule has 1 heterocycles. The van der Waals surface area contributed by atoms with Crippen molar-refractivity contribution in [3.63, 3.8) is 0 Å². The summed E-state index contributed by atoms with van der Waals surface area (Å²) in [5.41, 5.74) is 1.35. The van der Waals surface area contributed by atoms with Gasteiger partial charge in [0.1, 0.15) is 0 Å². The highest BCUT2D eigenvalue weighted by Crippen LogP contribution is 2.15. The lowest BCUT2D eigenvalue weighted by molar-refractivity contribution is 0.381. The predicted octanol–water partition coefficient (Wildman–Crippen LogP) is 1.36. The van der Waals surface area contributed by atoms with Crippen LogP contribution in [0.4, 0.5) is 0 Å². The Hall–Kier alpha value is -0.830. The van der Waals surface area contributed by atoms with Gasteiger partial charge in [0.2, 0.25) is 0 Å². The van der Waals surface area contributed by atoms with Crippen molar-refractivity contribution in [1.82, 2.24) is 14.9 Å². The largest absolute Gasteiger partial charge is 0.328 e. The highest BCUT2D eigenvalue weighted by molar-refractivity contribution is 5.01. The highest BCUT2D eigenvalue weighted by atomic mass is 15.1. The molecule has 1 N–H and O–H groups in total. The van der Waals surface area contributed by atoms with Crippen molar-refractivity contribution in [2.75, 3.05) is 7.05 Å². The summed E-state index contributed by atoms with van der Waals surface area (Å²) in [7, 11) is 1.94. The van der Waals surface area contributed by atoms with E-state index in [0.717, 1.165) is 6.54 Å². The van der Waals surface area contributed by atoms with E-state index in [0.29, 0.717) is 0 Å². The van der Waals surface area contributed by atoms with E-state index in [1.165, 1.54) is 5.69 Å². The fourth-order valence-electron chi connectivity index (χ4n) is 1.24. The minimum Gasteiger partial charge on any atom is -0.328 e. The molecule has 68 valence electrons. The molecule has 0 amide bonds. The van der Waals surface area contributed by atoms with Crippen LogP contribution < -0.4 is 5.32 Å². The van der Waals surface area contributed by atoms with Crippen LogP contribution >= 0.6 is 0 Å². The number of hydrogen-bond acceptors (Lipinski definition) is 2. The summed E-state index contributed by atoms with van der Waals surface area (Å²) < 4.78 is 2.18. The second kappa shape index (κ2) is 3.27. The summed E-state index contributed by atoms with van der Waals surface area (Å²) in [5.74, 6) is 0. The Morgan fingerprint density at radius 1 is 1.50 bits per heavy atom. The van der Waals surface area contributed by atoms with E-state index >= 15 is 0 Å². The van der Waals surface area contributed by atoms with Crippen molar-refractivity contribution in [3.8, 4) is 0 Å². The second-order valence-corrected chi connectivity index (χ2v) is 3.96. The van der Waals surface area contributed by atoms with Crippen molar-refractivity contribution in [3.05, 3.63) is 18.2 Å². The molecule has 0 saturated heterocycles. The Labute approximate surface area is 73.8 Å². The molecule has 1 aromatic heterocycles. The van der Waals surface area contributed by atoms with Gasteiger partial charge < -0.3 is 9.88 Å². The fourth-order valence-corrected chi connectivity index (χ4v) is 1.24. The molecule has 0 aromatic carbocycles. The van der Waals surface area contributed by atoms with Gasteiger partial charge in [0.15, 0.2) is 0 Å². The zero-order valence-corrected chi connectivity index (χ0v) is 8.26. The van der Waals surface area contributed by atoms with Crippen molar-refractivity contribution >= 4 is 0 Å². The molecular formula is C9H17N3. The van der Waals surface area contributed by atoms with E-state index in [4.69, 9.17) is 0 Å². The molecule has 1 aromatic rings. The van der Waals surface area contributed by atoms with Crippen molar-refractivity contribution in [2.45, 2.75) is 32.9 Å². The average Bonchev–Trinajstić information content (AvgIpc) is 2.34. The van der Waals surface area contributed by atoms with Crippen LogP contribution in [0.15, 0.2) is 12.5 Å². The third kappa shape index (κ3) is 1.85. The van der Waals surface area contributed by atoms with Gasteiger partial charge >= 0.3 is 0 Å². The normalized spacial score (nSPS) is 12.0. The second-order valence-electron chi connectivity index (χ2n) is 3.96. The number of hydrogen-bond donors (Lipinski definition) is 1. The zero-order chi connectivity index (χ0) is 9.19. The molecule has 0 aliphatic heterocycles. The van der Waals surface area contributed by atoms with Crippen LogP contribution in [-0.4, -0.2) is 16.6 Å². The maximum atomic E-state index is 4.13. The van der Waals surface area contributed by atoms with Gasteiger partial charge in [-0.1, -0.05) is 0 Å². The molecule has 12 heavy (non-hydrogen) atoms. The van der Waals surface area contributed by atoms with E-state index < -0.39 is 0 Å². The van der Waals surface area contributed by atoms with Crippen LogP contribution in [0, 0.1) is 0 Å². The molecule has 0 fully saturated rings. The van der Waals surface area contributed by atoms with Gasteiger partial charge in [-0.2, -0.15) is 0 Å². The molecular weight excluding hydrogens is 150 g/mol. The molecule has 0 spiro atoms. The maximum Gasteiger partial charge on any atom is 0.0953 e. The zero-order valence-electron chi connectivity index (χ0n) is 8.26. The van der Waals surface area contributed by atoms with Crippen LogP contribution in [0.5, 0.6) is 0 Å². The molecule has 0 atom stereocenters. The van der Waals surface area contributed by atoms with Crippen LogP contribution in [0.25, 0.3) is 0 Å². The van der Waals surface area contributed by atoms with Gasteiger partial charge in [0, 0.05) is 18.3 Å². The minimum atomic E-state index is 0.128. The number of imidazole rings is 1. The maximum absolute atomic E-state index is 4.13. The van der Waals surface area contributed by atoms with E-state index in [1.807, 2.05) is 19.6 Å². The van der Waals surface area contributed by atoms with E-state index in [9.17, 15) is 0 Å². The summed E-state index contributed by atoms with van der Waals surface area (Å²) in [6.07, 6.45) is 3.79. The van der Waals surface area contributed by atoms with Crippen LogP contribution in [0.2, 0.25) is 0 Å². The number of rotatable bonds is 2. The SMILES string of the molecule is CNCc1cncn1C(C)(C)C. The first-order valence-corrected chi connectivity index (χ1v) is 4.22. The Bertz CT molecular complexity index is 245. The molecule has 1 rings (SSSR count). The molecule has 0 saturated carbocycles. The van der Waals surface area contributed by atoms with Crippen LogP contribution in [0.3, 0.4) is 0 Å². The third-order valence-corrected chi connectivity index (χ3v) is 1.80. The van der Waals surface area contributed by atoms with Crippen molar-refractivity contribution in [1.29, 1.82) is 0 Å². The Morgan fingerprint density at radius 3 is 2.67 bits per heavy atom. The molecule has 3 heteroatoms. The molecule has 0 bridgehead atoms. The lowest BCUT2D eigenvalue weighted by atomic mass is 10.1. The van der Waals surface area contributed by atoms with Gasteiger partial charge in [-0.05, 0) is 27.8 Å². The van der Waals surface area contributed by atoms with E-state index in [-0.39, 0.29) is 5.54 Å². The number of nitrogens with one attached hydrogen (secondary N) is 1. The Morgan fingerprint density at radius 2 is 2.17 bits per heavy atom. The lowest BCUT2D eigenvalue weighted by Gasteiger charge is -2.23. The summed E-state index contributed by atoms with van der Waals surface area (Å²) in [5, 5.41) is 3.12. The van der Waals surface area contributed by atoms with Crippen LogP contribution in [-0.2, 0) is 12.1 Å². The summed E-state index contributed by atoms with van der Waals surface area (Å²) in [4.78, 5) is 4.13. The third-order valence-electron chi connectivity index (χ3n) is 1.80. The van der Waals surface area contributed by atoms with Gasteiger partial charge in [-0.15, -0.1) is 0 Å².